The quantitative estimate of drug-likeness (QED) is 0.418. The van der Waals surface area contributed by atoms with E-state index < -0.39 is 5.82 Å². The number of pyridine rings is 1. The van der Waals surface area contributed by atoms with Crippen molar-refractivity contribution in [1.82, 2.24) is 9.97 Å². The Morgan fingerprint density at radius 3 is 2.75 bits per heavy atom. The molecule has 4 nitrogen and oxygen atoms in total. The zero-order chi connectivity index (χ0) is 19.8. The summed E-state index contributed by atoms with van der Waals surface area (Å²) < 4.78 is 26.2. The van der Waals surface area contributed by atoms with Crippen molar-refractivity contribution in [2.45, 2.75) is 26.9 Å². The van der Waals surface area contributed by atoms with Crippen LogP contribution in [0.3, 0.4) is 0 Å². The fraction of sp³-hybridized carbons (Fsp3) is 0.227. The van der Waals surface area contributed by atoms with Gasteiger partial charge in [0.1, 0.15) is 10.8 Å². The molecule has 2 aromatic carbocycles. The van der Waals surface area contributed by atoms with Gasteiger partial charge >= 0.3 is 0 Å². The fourth-order valence-corrected chi connectivity index (χ4v) is 4.05. The number of hydrogen-bond acceptors (Lipinski definition) is 5. The van der Waals surface area contributed by atoms with Crippen LogP contribution in [0.4, 0.5) is 4.39 Å². The third kappa shape index (κ3) is 3.40. The summed E-state index contributed by atoms with van der Waals surface area (Å²) in [4.78, 5) is 9.23. The number of nitrogens with zero attached hydrogens (tertiary/aromatic N) is 2. The van der Waals surface area contributed by atoms with Crippen molar-refractivity contribution in [1.29, 1.82) is 0 Å². The van der Waals surface area contributed by atoms with Crippen molar-refractivity contribution in [3.63, 3.8) is 0 Å². The molecule has 0 bridgehead atoms. The minimum atomic E-state index is -0.407. The largest absolute Gasteiger partial charge is 0.495 e. The predicted octanol–water partition coefficient (Wildman–Crippen LogP) is 5.96. The molecule has 4 aromatic rings. The lowest BCUT2D eigenvalue weighted by Crippen LogP contribution is -2.11. The highest BCUT2D eigenvalue weighted by molar-refractivity contribution is 7.21. The Morgan fingerprint density at radius 1 is 1.18 bits per heavy atom. The van der Waals surface area contributed by atoms with Crippen molar-refractivity contribution in [2.75, 3.05) is 7.11 Å². The molecule has 0 aliphatic heterocycles. The lowest BCUT2D eigenvalue weighted by Gasteiger charge is -2.12. The molecule has 4 rings (SSSR count). The molecule has 6 heteroatoms. The number of hydrogen-bond donors (Lipinski definition) is 0. The molecule has 1 radical (unpaired) electrons. The van der Waals surface area contributed by atoms with Gasteiger partial charge in [0.25, 0.3) is 0 Å². The number of methoxy groups -OCH3 is 1. The molecule has 2 heterocycles. The maximum atomic E-state index is 14.4. The fourth-order valence-electron chi connectivity index (χ4n) is 3.06. The van der Waals surface area contributed by atoms with Crippen molar-refractivity contribution < 1.29 is 13.9 Å². The number of fused-ring (bicyclic) bond motifs is 2. The van der Waals surface area contributed by atoms with Crippen LogP contribution in [0.2, 0.25) is 0 Å². The van der Waals surface area contributed by atoms with Crippen LogP contribution in [0.15, 0.2) is 36.5 Å². The van der Waals surface area contributed by atoms with E-state index >= 15 is 0 Å². The average Bonchev–Trinajstić information content (AvgIpc) is 3.09. The number of aromatic nitrogens is 2. The first kappa shape index (κ1) is 18.6. The summed E-state index contributed by atoms with van der Waals surface area (Å²) in [5.74, 6) is 0.541. The molecule has 0 aliphatic carbocycles. The van der Waals surface area contributed by atoms with Crippen LogP contribution in [-0.4, -0.2) is 23.2 Å². The van der Waals surface area contributed by atoms with Crippen LogP contribution in [0.25, 0.3) is 31.7 Å². The minimum Gasteiger partial charge on any atom is -0.495 e. The van der Waals surface area contributed by atoms with Gasteiger partial charge in [-0.2, -0.15) is 0 Å². The number of thiazole rings is 1. The number of benzene rings is 2. The van der Waals surface area contributed by atoms with E-state index in [2.05, 4.69) is 22.1 Å². The van der Waals surface area contributed by atoms with Gasteiger partial charge in [-0.25, -0.2) is 9.37 Å². The summed E-state index contributed by atoms with van der Waals surface area (Å²) in [6.45, 7) is 5.79. The van der Waals surface area contributed by atoms with Crippen molar-refractivity contribution in [3.8, 4) is 22.1 Å². The smallest absolute Gasteiger partial charge is 0.167 e. The molecular formula is C22H20FN2O2S. The van der Waals surface area contributed by atoms with Crippen LogP contribution >= 0.6 is 11.3 Å². The van der Waals surface area contributed by atoms with E-state index in [9.17, 15) is 4.39 Å². The van der Waals surface area contributed by atoms with Gasteiger partial charge in [-0.15, -0.1) is 11.3 Å². The highest BCUT2D eigenvalue weighted by Gasteiger charge is 2.16. The molecule has 0 unspecified atom stereocenters. The minimum absolute atomic E-state index is 0.167. The standard InChI is InChI=1S/C22H20FN2O2S/c1-5-13(3)27-19-10-20-18(9-17(19)23)25-22(28-20)16-7-12(2)6-14-8-15(26-4)11-24-21(14)16/h5-11,13H,1-4H3/t13-/m0/s1. The lowest BCUT2D eigenvalue weighted by atomic mass is 10.1. The Bertz CT molecular complexity index is 1170. The van der Waals surface area contributed by atoms with Gasteiger partial charge in [-0.05, 0) is 44.0 Å². The average molecular weight is 395 g/mol. The number of ether oxygens (including phenoxy) is 2. The van der Waals surface area contributed by atoms with E-state index in [0.717, 1.165) is 31.7 Å². The Labute approximate surface area is 167 Å². The van der Waals surface area contributed by atoms with Crippen LogP contribution in [0.5, 0.6) is 11.5 Å². The molecule has 28 heavy (non-hydrogen) atoms. The summed E-state index contributed by atoms with van der Waals surface area (Å²) >= 11 is 1.50. The van der Waals surface area contributed by atoms with Gasteiger partial charge in [-0.1, -0.05) is 6.92 Å². The van der Waals surface area contributed by atoms with E-state index in [1.54, 1.807) is 19.4 Å². The first-order valence-corrected chi connectivity index (χ1v) is 9.81. The van der Waals surface area contributed by atoms with Crippen LogP contribution in [0, 0.1) is 19.2 Å². The van der Waals surface area contributed by atoms with Crippen molar-refractivity contribution in [3.05, 3.63) is 54.3 Å². The van der Waals surface area contributed by atoms with E-state index in [0.29, 0.717) is 11.3 Å². The van der Waals surface area contributed by atoms with Crippen molar-refractivity contribution >= 4 is 32.5 Å². The SMILES string of the molecule is C[CH][C@H](C)Oc1cc2sc(-c3cc(C)cc4cc(OC)cnc34)nc2cc1F. The molecule has 0 saturated heterocycles. The second-order valence-electron chi connectivity index (χ2n) is 6.69. The highest BCUT2D eigenvalue weighted by atomic mass is 32.1. The summed E-state index contributed by atoms with van der Waals surface area (Å²) in [6.07, 6.45) is 3.41. The second-order valence-corrected chi connectivity index (χ2v) is 7.72. The van der Waals surface area contributed by atoms with Crippen LogP contribution in [-0.2, 0) is 0 Å². The first-order chi connectivity index (χ1) is 13.5. The Kier molecular flexibility index (Phi) is 4.89. The molecule has 2 aromatic heterocycles. The Morgan fingerprint density at radius 2 is 2.00 bits per heavy atom. The molecule has 1 atom stereocenters. The number of rotatable bonds is 5. The van der Waals surface area contributed by atoms with Gasteiger partial charge in [0.15, 0.2) is 11.6 Å². The monoisotopic (exact) mass is 395 g/mol. The van der Waals surface area contributed by atoms with Crippen molar-refractivity contribution in [2.24, 2.45) is 0 Å². The van der Waals surface area contributed by atoms with E-state index in [-0.39, 0.29) is 11.9 Å². The van der Waals surface area contributed by atoms with Gasteiger partial charge in [0, 0.05) is 23.1 Å². The van der Waals surface area contributed by atoms with Gasteiger partial charge in [0.05, 0.1) is 35.1 Å². The molecule has 0 aliphatic rings. The molecular weight excluding hydrogens is 375 g/mol. The zero-order valence-electron chi connectivity index (χ0n) is 16.1. The summed E-state index contributed by atoms with van der Waals surface area (Å²) in [6, 6.07) is 9.24. The molecule has 143 valence electrons. The van der Waals surface area contributed by atoms with E-state index in [1.807, 2.05) is 33.3 Å². The number of halogens is 1. The van der Waals surface area contributed by atoms with Crippen LogP contribution < -0.4 is 9.47 Å². The van der Waals surface area contributed by atoms with E-state index in [1.165, 1.54) is 17.4 Å². The molecule has 0 amide bonds. The highest BCUT2D eigenvalue weighted by Crippen LogP contribution is 2.37. The summed E-state index contributed by atoms with van der Waals surface area (Å²) in [7, 11) is 1.62. The third-order valence-corrected chi connectivity index (χ3v) is 5.64. The van der Waals surface area contributed by atoms with Gasteiger partial charge in [0.2, 0.25) is 0 Å². The predicted molar refractivity (Wildman–Crippen MR) is 112 cm³/mol. The molecule has 0 saturated carbocycles. The number of aryl methyl sites for hydroxylation is 1. The zero-order valence-corrected chi connectivity index (χ0v) is 16.9. The lowest BCUT2D eigenvalue weighted by molar-refractivity contribution is 0.243. The Balaban J connectivity index is 1.85. The maximum Gasteiger partial charge on any atom is 0.167 e. The molecule has 0 fully saturated rings. The maximum absolute atomic E-state index is 14.4. The van der Waals surface area contributed by atoms with Crippen LogP contribution in [0.1, 0.15) is 19.4 Å². The van der Waals surface area contributed by atoms with Gasteiger partial charge < -0.3 is 9.47 Å². The third-order valence-electron chi connectivity index (χ3n) is 4.59. The first-order valence-electron chi connectivity index (χ1n) is 8.99. The summed E-state index contributed by atoms with van der Waals surface area (Å²) in [5.41, 5.74) is 3.48. The normalized spacial score (nSPS) is 12.5. The summed E-state index contributed by atoms with van der Waals surface area (Å²) in [5, 5.41) is 1.78. The molecule has 0 spiro atoms. The van der Waals surface area contributed by atoms with E-state index in [4.69, 9.17) is 9.47 Å². The second kappa shape index (κ2) is 7.36. The molecule has 0 N–H and O–H groups in total. The Hall–Kier alpha value is -2.73. The topological polar surface area (TPSA) is 44.2 Å². The van der Waals surface area contributed by atoms with Gasteiger partial charge in [-0.3, -0.25) is 4.98 Å².